The Morgan fingerprint density at radius 2 is 2.00 bits per heavy atom. The van der Waals surface area contributed by atoms with Crippen molar-refractivity contribution >= 4 is 11.5 Å². The maximum atomic E-state index is 11.2. The van der Waals surface area contributed by atoms with Crippen LogP contribution in [0.3, 0.4) is 0 Å². The monoisotopic (exact) mass is 229 g/mol. The molecule has 1 aromatic heterocycles. The molecule has 0 unspecified atom stereocenters. The highest BCUT2D eigenvalue weighted by atomic mass is 16.1. The van der Waals surface area contributed by atoms with Gasteiger partial charge in [-0.3, -0.25) is 9.78 Å². The minimum atomic E-state index is 0.308. The Morgan fingerprint density at radius 3 is 2.59 bits per heavy atom. The lowest BCUT2D eigenvalue weighted by Gasteiger charge is -2.29. The molecule has 4 nitrogen and oxygen atoms in total. The zero-order valence-electron chi connectivity index (χ0n) is 10.2. The number of ketones is 1. The zero-order chi connectivity index (χ0) is 12.4. The Labute approximate surface area is 101 Å². The summed E-state index contributed by atoms with van der Waals surface area (Å²) >= 11 is 0. The van der Waals surface area contributed by atoms with Gasteiger partial charge in [0.2, 0.25) is 0 Å². The van der Waals surface area contributed by atoms with Gasteiger partial charge < -0.3 is 4.90 Å². The highest BCUT2D eigenvalue weighted by molar-refractivity contribution is 5.81. The number of hydrogen-bond donors (Lipinski definition) is 0. The van der Waals surface area contributed by atoms with E-state index in [-0.39, 0.29) is 0 Å². The lowest BCUT2D eigenvalue weighted by molar-refractivity contribution is -0.119. The van der Waals surface area contributed by atoms with Crippen LogP contribution in [-0.2, 0) is 4.79 Å². The summed E-state index contributed by atoms with van der Waals surface area (Å²) in [4.78, 5) is 17.6. The predicted molar refractivity (Wildman–Crippen MR) is 64.9 cm³/mol. The van der Waals surface area contributed by atoms with Crippen LogP contribution in [-0.4, -0.2) is 23.9 Å². The van der Waals surface area contributed by atoms with Gasteiger partial charge in [0.15, 0.2) is 0 Å². The fourth-order valence-electron chi connectivity index (χ4n) is 2.19. The van der Waals surface area contributed by atoms with Crippen molar-refractivity contribution in [3.63, 3.8) is 0 Å². The molecule has 0 atom stereocenters. The molecule has 1 aromatic rings. The fraction of sp³-hybridized carbons (Fsp3) is 0.462. The van der Waals surface area contributed by atoms with Crippen LogP contribution < -0.4 is 4.90 Å². The molecule has 0 aliphatic carbocycles. The lowest BCUT2D eigenvalue weighted by atomic mass is 10.1. The quantitative estimate of drug-likeness (QED) is 0.736. The standard InChI is InChI=1S/C13H15N3O/c1-9-7-13(12(8-14)10(2)15-9)16-5-3-11(17)4-6-16/h7H,3-6H2,1-2H3. The number of hydrogen-bond acceptors (Lipinski definition) is 4. The van der Waals surface area contributed by atoms with Crippen LogP contribution in [0.5, 0.6) is 0 Å². The van der Waals surface area contributed by atoms with E-state index in [4.69, 9.17) is 0 Å². The van der Waals surface area contributed by atoms with Gasteiger partial charge in [0, 0.05) is 31.6 Å². The summed E-state index contributed by atoms with van der Waals surface area (Å²) in [6.45, 7) is 5.18. The van der Waals surface area contributed by atoms with E-state index in [1.165, 1.54) is 0 Å². The maximum Gasteiger partial charge on any atom is 0.136 e. The number of piperidine rings is 1. The lowest BCUT2D eigenvalue weighted by Crippen LogP contribution is -2.34. The highest BCUT2D eigenvalue weighted by Gasteiger charge is 2.20. The van der Waals surface area contributed by atoms with Gasteiger partial charge in [0.25, 0.3) is 0 Å². The van der Waals surface area contributed by atoms with Crippen molar-refractivity contribution in [3.05, 3.63) is 23.0 Å². The van der Waals surface area contributed by atoms with E-state index in [2.05, 4.69) is 16.0 Å². The van der Waals surface area contributed by atoms with E-state index in [0.717, 1.165) is 17.1 Å². The average Bonchev–Trinajstić information content (AvgIpc) is 2.29. The SMILES string of the molecule is Cc1cc(N2CCC(=O)CC2)c(C#N)c(C)n1. The van der Waals surface area contributed by atoms with Gasteiger partial charge in [0.05, 0.1) is 16.9 Å². The molecule has 0 saturated carbocycles. The molecule has 0 bridgehead atoms. The Bertz CT molecular complexity index is 492. The minimum absolute atomic E-state index is 0.308. The third-order valence-electron chi connectivity index (χ3n) is 3.08. The van der Waals surface area contributed by atoms with Crippen LogP contribution in [0.15, 0.2) is 6.07 Å². The van der Waals surface area contributed by atoms with Crippen LogP contribution in [0.1, 0.15) is 29.8 Å². The molecule has 88 valence electrons. The first-order valence-corrected chi connectivity index (χ1v) is 5.77. The van der Waals surface area contributed by atoms with Crippen molar-refractivity contribution in [2.45, 2.75) is 26.7 Å². The van der Waals surface area contributed by atoms with E-state index in [0.29, 0.717) is 37.3 Å². The third-order valence-corrected chi connectivity index (χ3v) is 3.08. The normalized spacial score (nSPS) is 15.8. The summed E-state index contributed by atoms with van der Waals surface area (Å²) in [5.74, 6) is 0.308. The number of aryl methyl sites for hydroxylation is 2. The molecule has 1 aliphatic rings. The second-order valence-electron chi connectivity index (χ2n) is 4.38. The number of nitriles is 1. The van der Waals surface area contributed by atoms with Gasteiger partial charge in [-0.15, -0.1) is 0 Å². The van der Waals surface area contributed by atoms with Gasteiger partial charge in [-0.25, -0.2) is 0 Å². The van der Waals surface area contributed by atoms with Crippen LogP contribution in [0.2, 0.25) is 0 Å². The van der Waals surface area contributed by atoms with E-state index in [1.54, 1.807) is 0 Å². The molecule has 2 rings (SSSR count). The van der Waals surface area contributed by atoms with Crippen LogP contribution in [0.25, 0.3) is 0 Å². The summed E-state index contributed by atoms with van der Waals surface area (Å²) in [5, 5.41) is 9.19. The molecule has 0 aromatic carbocycles. The van der Waals surface area contributed by atoms with Crippen molar-refractivity contribution < 1.29 is 4.79 Å². The van der Waals surface area contributed by atoms with Crippen LogP contribution in [0.4, 0.5) is 5.69 Å². The molecule has 1 saturated heterocycles. The van der Waals surface area contributed by atoms with E-state index >= 15 is 0 Å². The second kappa shape index (κ2) is 4.54. The van der Waals surface area contributed by atoms with Crippen LogP contribution in [0, 0.1) is 25.2 Å². The molecule has 0 N–H and O–H groups in total. The predicted octanol–water partition coefficient (Wildman–Crippen LogP) is 1.74. The van der Waals surface area contributed by atoms with Gasteiger partial charge in [0.1, 0.15) is 11.9 Å². The first-order valence-electron chi connectivity index (χ1n) is 5.77. The van der Waals surface area contributed by atoms with Crippen molar-refractivity contribution in [2.24, 2.45) is 0 Å². The zero-order valence-corrected chi connectivity index (χ0v) is 10.2. The molecule has 2 heterocycles. The van der Waals surface area contributed by atoms with Crippen molar-refractivity contribution in [1.82, 2.24) is 4.98 Å². The molecular weight excluding hydrogens is 214 g/mol. The van der Waals surface area contributed by atoms with E-state index in [9.17, 15) is 10.1 Å². The molecule has 0 radical (unpaired) electrons. The molecule has 17 heavy (non-hydrogen) atoms. The Hall–Kier alpha value is -1.89. The molecule has 1 aliphatic heterocycles. The van der Waals surface area contributed by atoms with Crippen molar-refractivity contribution in [1.29, 1.82) is 5.26 Å². The molecule has 0 amide bonds. The number of nitrogens with zero attached hydrogens (tertiary/aromatic N) is 3. The van der Waals surface area contributed by atoms with Gasteiger partial charge in [-0.1, -0.05) is 0 Å². The van der Waals surface area contributed by atoms with E-state index in [1.807, 2.05) is 19.9 Å². The smallest absolute Gasteiger partial charge is 0.136 e. The number of pyridine rings is 1. The number of aromatic nitrogens is 1. The summed E-state index contributed by atoms with van der Waals surface area (Å²) in [6, 6.07) is 4.14. The number of anilines is 1. The maximum absolute atomic E-state index is 11.2. The Kier molecular flexibility index (Phi) is 3.10. The summed E-state index contributed by atoms with van der Waals surface area (Å²) in [5.41, 5.74) is 3.22. The summed E-state index contributed by atoms with van der Waals surface area (Å²) < 4.78 is 0. The second-order valence-corrected chi connectivity index (χ2v) is 4.38. The third kappa shape index (κ3) is 2.28. The number of carbonyl (C=O) groups is 1. The Balaban J connectivity index is 2.38. The molecule has 0 spiro atoms. The van der Waals surface area contributed by atoms with Gasteiger partial charge in [-0.2, -0.15) is 5.26 Å². The Morgan fingerprint density at radius 1 is 1.35 bits per heavy atom. The van der Waals surface area contributed by atoms with Crippen molar-refractivity contribution in [2.75, 3.05) is 18.0 Å². The van der Waals surface area contributed by atoms with Gasteiger partial charge in [-0.05, 0) is 19.9 Å². The van der Waals surface area contributed by atoms with Crippen LogP contribution >= 0.6 is 0 Å². The number of carbonyl (C=O) groups excluding carboxylic acids is 1. The average molecular weight is 229 g/mol. The summed E-state index contributed by atoms with van der Waals surface area (Å²) in [7, 11) is 0. The molecule has 4 heteroatoms. The topological polar surface area (TPSA) is 57.0 Å². The number of rotatable bonds is 1. The first-order chi connectivity index (χ1) is 8.11. The van der Waals surface area contributed by atoms with Gasteiger partial charge >= 0.3 is 0 Å². The summed E-state index contributed by atoms with van der Waals surface area (Å²) in [6.07, 6.45) is 1.15. The minimum Gasteiger partial charge on any atom is -0.369 e. The first kappa shape index (κ1) is 11.6. The fourth-order valence-corrected chi connectivity index (χ4v) is 2.19. The van der Waals surface area contributed by atoms with E-state index < -0.39 is 0 Å². The largest absolute Gasteiger partial charge is 0.369 e. The van der Waals surface area contributed by atoms with Crippen molar-refractivity contribution in [3.8, 4) is 6.07 Å². The molecular formula is C13H15N3O. The highest BCUT2D eigenvalue weighted by Crippen LogP contribution is 2.25. The molecule has 1 fully saturated rings. The number of Topliss-reactive ketones (excluding diaryl/α,β-unsaturated/α-hetero) is 1.